The summed E-state index contributed by atoms with van der Waals surface area (Å²) in [5, 5.41) is 11.8. The number of ether oxygens (including phenoxy) is 1. The van der Waals surface area contributed by atoms with E-state index in [-0.39, 0.29) is 11.9 Å². The maximum atomic E-state index is 12.4. The number of fused-ring (bicyclic) bond motifs is 3. The maximum absolute atomic E-state index is 12.4. The van der Waals surface area contributed by atoms with E-state index >= 15 is 0 Å². The van der Waals surface area contributed by atoms with Crippen molar-refractivity contribution in [3.8, 4) is 6.07 Å². The van der Waals surface area contributed by atoms with E-state index in [9.17, 15) is 4.79 Å². The topological polar surface area (TPSA) is 79.9 Å². The Morgan fingerprint density at radius 3 is 2.92 bits per heavy atom. The third-order valence-electron chi connectivity index (χ3n) is 4.60. The van der Waals surface area contributed by atoms with E-state index in [2.05, 4.69) is 33.1 Å². The molecule has 0 aliphatic carbocycles. The van der Waals surface area contributed by atoms with Crippen LogP contribution in [-0.2, 0) is 11.3 Å². The smallest absolute Gasteiger partial charge is 0.251 e. The van der Waals surface area contributed by atoms with Gasteiger partial charge in [0.25, 0.3) is 5.91 Å². The van der Waals surface area contributed by atoms with Gasteiger partial charge in [0, 0.05) is 12.1 Å². The Morgan fingerprint density at radius 1 is 1.35 bits per heavy atom. The Bertz CT molecular complexity index is 1010. The van der Waals surface area contributed by atoms with E-state index in [4.69, 9.17) is 10.00 Å². The average molecular weight is 346 g/mol. The van der Waals surface area contributed by atoms with Crippen molar-refractivity contribution in [3.05, 3.63) is 65.0 Å². The number of carbonyl (C=O) groups excluding carboxylic acids is 1. The second-order valence-electron chi connectivity index (χ2n) is 6.46. The summed E-state index contributed by atoms with van der Waals surface area (Å²) >= 11 is 0. The molecule has 1 aliphatic rings. The second kappa shape index (κ2) is 6.62. The monoisotopic (exact) mass is 346 g/mol. The summed E-state index contributed by atoms with van der Waals surface area (Å²) < 4.78 is 7.83. The Balaban J connectivity index is 1.54. The normalized spacial score (nSPS) is 16.1. The number of aryl methyl sites for hydroxylation is 1. The minimum absolute atomic E-state index is 0.00575. The first-order valence-corrected chi connectivity index (χ1v) is 8.49. The largest absolute Gasteiger partial charge is 0.371 e. The Hall–Kier alpha value is -3.17. The summed E-state index contributed by atoms with van der Waals surface area (Å²) in [4.78, 5) is 17.0. The lowest BCUT2D eigenvalue weighted by Gasteiger charge is -2.26. The lowest BCUT2D eigenvalue weighted by atomic mass is 10.1. The van der Waals surface area contributed by atoms with Gasteiger partial charge in [-0.2, -0.15) is 5.26 Å². The first kappa shape index (κ1) is 16.3. The molecule has 6 nitrogen and oxygen atoms in total. The summed E-state index contributed by atoms with van der Waals surface area (Å²) in [5.41, 5.74) is 4.25. The Labute approximate surface area is 151 Å². The number of imidazole rings is 1. The highest BCUT2D eigenvalue weighted by molar-refractivity contribution is 5.94. The quantitative estimate of drug-likeness (QED) is 0.791. The molecule has 1 amide bonds. The first-order valence-electron chi connectivity index (χ1n) is 8.49. The van der Waals surface area contributed by atoms with Crippen LogP contribution in [0.5, 0.6) is 0 Å². The molecule has 2 heterocycles. The zero-order valence-electron chi connectivity index (χ0n) is 14.4. The van der Waals surface area contributed by atoms with Gasteiger partial charge in [-0.05, 0) is 48.9 Å². The van der Waals surface area contributed by atoms with Gasteiger partial charge in [0.15, 0.2) is 0 Å². The fraction of sp³-hybridized carbons (Fsp3) is 0.250. The molecule has 1 atom stereocenters. The zero-order chi connectivity index (χ0) is 18.1. The van der Waals surface area contributed by atoms with Gasteiger partial charge >= 0.3 is 0 Å². The molecule has 0 radical (unpaired) electrons. The van der Waals surface area contributed by atoms with Crippen molar-refractivity contribution < 1.29 is 9.53 Å². The van der Waals surface area contributed by atoms with Crippen LogP contribution in [0, 0.1) is 18.3 Å². The summed E-state index contributed by atoms with van der Waals surface area (Å²) in [5.74, 6) is 0.719. The SMILES string of the molecule is Cc1ccc2c(c1)nc1n2C(CNC(=O)c2ccc(C#N)cc2)COC1. The predicted octanol–water partition coefficient (Wildman–Crippen LogP) is 2.72. The molecule has 0 spiro atoms. The molecule has 6 heteroatoms. The molecule has 0 saturated heterocycles. The van der Waals surface area contributed by atoms with E-state index < -0.39 is 0 Å². The van der Waals surface area contributed by atoms with Gasteiger partial charge in [-0.25, -0.2) is 4.98 Å². The highest BCUT2D eigenvalue weighted by Gasteiger charge is 2.24. The fourth-order valence-electron chi connectivity index (χ4n) is 3.29. The van der Waals surface area contributed by atoms with E-state index in [0.29, 0.717) is 30.9 Å². The molecular formula is C20H18N4O2. The molecular weight excluding hydrogens is 328 g/mol. The molecule has 3 aromatic rings. The van der Waals surface area contributed by atoms with Gasteiger partial charge in [-0.1, -0.05) is 6.07 Å². The van der Waals surface area contributed by atoms with Gasteiger partial charge in [0.1, 0.15) is 12.4 Å². The fourth-order valence-corrected chi connectivity index (χ4v) is 3.29. The molecule has 1 aliphatic heterocycles. The maximum Gasteiger partial charge on any atom is 0.251 e. The molecule has 130 valence electrons. The predicted molar refractivity (Wildman–Crippen MR) is 96.7 cm³/mol. The van der Waals surface area contributed by atoms with Crippen molar-refractivity contribution in [2.24, 2.45) is 0 Å². The first-order chi connectivity index (χ1) is 12.7. The highest BCUT2D eigenvalue weighted by Crippen LogP contribution is 2.26. The van der Waals surface area contributed by atoms with Crippen molar-refractivity contribution in [2.45, 2.75) is 19.6 Å². The number of amides is 1. The van der Waals surface area contributed by atoms with Crippen molar-refractivity contribution >= 4 is 16.9 Å². The summed E-state index contributed by atoms with van der Waals surface area (Å²) in [6, 6.07) is 14.8. The molecule has 1 N–H and O–H groups in total. The molecule has 26 heavy (non-hydrogen) atoms. The summed E-state index contributed by atoms with van der Waals surface area (Å²) in [7, 11) is 0. The molecule has 4 rings (SSSR count). The number of nitrogens with zero attached hydrogens (tertiary/aromatic N) is 3. The van der Waals surface area contributed by atoms with Crippen molar-refractivity contribution in [1.82, 2.24) is 14.9 Å². The van der Waals surface area contributed by atoms with Gasteiger partial charge in [-0.15, -0.1) is 0 Å². The van der Waals surface area contributed by atoms with Crippen LogP contribution in [0.15, 0.2) is 42.5 Å². The van der Waals surface area contributed by atoms with E-state index in [1.807, 2.05) is 13.0 Å². The van der Waals surface area contributed by atoms with Crippen LogP contribution in [0.2, 0.25) is 0 Å². The Kier molecular flexibility index (Phi) is 4.15. The van der Waals surface area contributed by atoms with Crippen LogP contribution in [0.1, 0.15) is 33.4 Å². The molecule has 1 unspecified atom stereocenters. The van der Waals surface area contributed by atoms with Gasteiger partial charge in [-0.3, -0.25) is 4.79 Å². The summed E-state index contributed by atoms with van der Waals surface area (Å²) in [6.07, 6.45) is 0. The molecule has 1 aromatic heterocycles. The third-order valence-corrected chi connectivity index (χ3v) is 4.60. The number of carbonyl (C=O) groups is 1. The number of hydrogen-bond donors (Lipinski definition) is 1. The molecule has 2 aromatic carbocycles. The van der Waals surface area contributed by atoms with Crippen LogP contribution in [0.25, 0.3) is 11.0 Å². The van der Waals surface area contributed by atoms with E-state index in [0.717, 1.165) is 16.9 Å². The van der Waals surface area contributed by atoms with Crippen molar-refractivity contribution in [3.63, 3.8) is 0 Å². The van der Waals surface area contributed by atoms with Crippen molar-refractivity contribution in [1.29, 1.82) is 5.26 Å². The second-order valence-corrected chi connectivity index (χ2v) is 6.46. The van der Waals surface area contributed by atoms with Gasteiger partial charge < -0.3 is 14.6 Å². The average Bonchev–Trinajstić information content (AvgIpc) is 3.04. The number of nitrogens with one attached hydrogen (secondary N) is 1. The van der Waals surface area contributed by atoms with Gasteiger partial charge in [0.05, 0.1) is 35.3 Å². The molecule has 0 fully saturated rings. The lowest BCUT2D eigenvalue weighted by molar-refractivity contribution is 0.0553. The number of rotatable bonds is 3. The molecule has 0 bridgehead atoms. The summed E-state index contributed by atoms with van der Waals surface area (Å²) in [6.45, 7) is 3.50. The standard InChI is InChI=1S/C20H18N4O2/c1-13-2-7-18-17(8-13)23-19-12-26-11-16(24(18)19)10-22-20(25)15-5-3-14(9-21)4-6-15/h2-8,16H,10-12H2,1H3,(H,22,25). The van der Waals surface area contributed by atoms with Crippen LogP contribution >= 0.6 is 0 Å². The van der Waals surface area contributed by atoms with Crippen LogP contribution < -0.4 is 5.32 Å². The zero-order valence-corrected chi connectivity index (χ0v) is 14.4. The minimum Gasteiger partial charge on any atom is -0.371 e. The van der Waals surface area contributed by atoms with E-state index in [1.54, 1.807) is 24.3 Å². The number of nitriles is 1. The van der Waals surface area contributed by atoms with Crippen molar-refractivity contribution in [2.75, 3.05) is 13.2 Å². The van der Waals surface area contributed by atoms with Crippen LogP contribution in [-0.4, -0.2) is 28.6 Å². The number of hydrogen-bond acceptors (Lipinski definition) is 4. The van der Waals surface area contributed by atoms with Crippen LogP contribution in [0.3, 0.4) is 0 Å². The van der Waals surface area contributed by atoms with Crippen LogP contribution in [0.4, 0.5) is 0 Å². The van der Waals surface area contributed by atoms with Gasteiger partial charge in [0.2, 0.25) is 0 Å². The third kappa shape index (κ3) is 2.93. The van der Waals surface area contributed by atoms with E-state index in [1.165, 1.54) is 5.56 Å². The number of benzene rings is 2. The Morgan fingerprint density at radius 2 is 2.15 bits per heavy atom. The highest BCUT2D eigenvalue weighted by atomic mass is 16.5. The lowest BCUT2D eigenvalue weighted by Crippen LogP contribution is -2.35. The number of aromatic nitrogens is 2. The molecule has 0 saturated carbocycles. The minimum atomic E-state index is -0.165.